The van der Waals surface area contributed by atoms with Gasteiger partial charge in [0.05, 0.1) is 0 Å². The molecule has 0 atom stereocenters. The van der Waals surface area contributed by atoms with E-state index in [-0.39, 0.29) is 0 Å². The van der Waals surface area contributed by atoms with Crippen LogP contribution in [0, 0.1) is 0 Å². The van der Waals surface area contributed by atoms with Crippen LogP contribution in [0.15, 0.2) is 10.1 Å². The second-order valence-electron chi connectivity index (χ2n) is 1.72. The highest BCUT2D eigenvalue weighted by molar-refractivity contribution is 6.28. The Morgan fingerprint density at radius 3 is 2.22 bits per heavy atom. The van der Waals surface area contributed by atoms with Gasteiger partial charge in [-0.25, -0.2) is 0 Å². The molecule has 0 bridgehead atoms. The minimum absolute atomic E-state index is 0.637. The fraction of sp³-hybridized carbons (Fsp3) is 0.600. The predicted molar refractivity (Wildman–Crippen MR) is 37.3 cm³/mol. The van der Waals surface area contributed by atoms with Crippen molar-refractivity contribution in [2.24, 2.45) is 10.1 Å². The molecular weight excluding hydrogens is 118 g/mol. The van der Waals surface area contributed by atoms with Gasteiger partial charge >= 0.3 is 0 Å². The highest BCUT2D eigenvalue weighted by Gasteiger charge is 1.92. The van der Waals surface area contributed by atoms with Crippen LogP contribution in [0.4, 0.5) is 0 Å². The van der Waals surface area contributed by atoms with Crippen LogP contribution in [-0.2, 0) is 0 Å². The molecule has 4 nitrogen and oxygen atoms in total. The van der Waals surface area contributed by atoms with Crippen molar-refractivity contribution in [3.8, 4) is 0 Å². The van der Waals surface area contributed by atoms with E-state index in [1.807, 2.05) is 14.1 Å². The molecule has 0 spiro atoms. The summed E-state index contributed by atoms with van der Waals surface area (Å²) in [5, 5.41) is 10.9. The van der Waals surface area contributed by atoms with E-state index in [9.17, 15) is 0 Å². The maximum absolute atomic E-state index is 8.08. The minimum atomic E-state index is 0.637. The largest absolute Gasteiger partial charge is 0.411 e. The van der Waals surface area contributed by atoms with E-state index in [2.05, 4.69) is 10.1 Å². The van der Waals surface area contributed by atoms with Crippen molar-refractivity contribution in [1.82, 2.24) is 4.90 Å². The number of rotatable bonds is 1. The third-order valence-electron chi connectivity index (χ3n) is 0.861. The van der Waals surface area contributed by atoms with Gasteiger partial charge in [0.1, 0.15) is 12.1 Å². The van der Waals surface area contributed by atoms with Crippen LogP contribution in [0.1, 0.15) is 0 Å². The van der Waals surface area contributed by atoms with Crippen molar-refractivity contribution >= 4 is 12.1 Å². The van der Waals surface area contributed by atoms with Gasteiger partial charge in [0.25, 0.3) is 0 Å². The van der Waals surface area contributed by atoms with Crippen molar-refractivity contribution in [2.45, 2.75) is 0 Å². The van der Waals surface area contributed by atoms with E-state index < -0.39 is 0 Å². The Morgan fingerprint density at radius 1 is 1.56 bits per heavy atom. The molecule has 52 valence electrons. The van der Waals surface area contributed by atoms with Gasteiger partial charge in [-0.2, -0.15) is 0 Å². The number of hydrogen-bond acceptors (Lipinski definition) is 3. The summed E-state index contributed by atoms with van der Waals surface area (Å²) < 4.78 is 0. The normalized spacial score (nSPS) is 12.6. The zero-order valence-corrected chi connectivity index (χ0v) is 5.87. The first-order valence-electron chi connectivity index (χ1n) is 2.54. The predicted octanol–water partition coefficient (Wildman–Crippen LogP) is 0.0363. The molecule has 0 unspecified atom stereocenters. The summed E-state index contributed by atoms with van der Waals surface area (Å²) in [6.07, 6.45) is 1.28. The van der Waals surface area contributed by atoms with Crippen LogP contribution in [0.2, 0.25) is 0 Å². The average Bonchev–Trinajstić information content (AvgIpc) is 1.82. The standard InChI is InChI=1S/C5H11N3O/c1-6-5(4-7-9)8(2)3/h4,9H,1-3H3/b6-5-,7-4+. The highest BCUT2D eigenvalue weighted by atomic mass is 16.4. The zero-order chi connectivity index (χ0) is 7.28. The summed E-state index contributed by atoms with van der Waals surface area (Å²) >= 11 is 0. The Balaban J connectivity index is 4.01. The molecule has 1 N–H and O–H groups in total. The summed E-state index contributed by atoms with van der Waals surface area (Å²) in [5.41, 5.74) is 0. The third-order valence-corrected chi connectivity index (χ3v) is 0.861. The minimum Gasteiger partial charge on any atom is -0.411 e. The van der Waals surface area contributed by atoms with Crippen LogP contribution < -0.4 is 0 Å². The lowest BCUT2D eigenvalue weighted by Gasteiger charge is -2.08. The average molecular weight is 129 g/mol. The monoisotopic (exact) mass is 129 g/mol. The first kappa shape index (κ1) is 7.94. The van der Waals surface area contributed by atoms with Gasteiger partial charge in [0, 0.05) is 21.1 Å². The van der Waals surface area contributed by atoms with Gasteiger partial charge in [0.2, 0.25) is 0 Å². The van der Waals surface area contributed by atoms with Crippen LogP contribution in [0.3, 0.4) is 0 Å². The van der Waals surface area contributed by atoms with Crippen molar-refractivity contribution in [3.63, 3.8) is 0 Å². The fourth-order valence-electron chi connectivity index (χ4n) is 0.425. The van der Waals surface area contributed by atoms with Crippen molar-refractivity contribution in [2.75, 3.05) is 21.1 Å². The van der Waals surface area contributed by atoms with Gasteiger partial charge in [-0.1, -0.05) is 5.16 Å². The molecule has 0 aliphatic rings. The Labute approximate surface area is 54.5 Å². The topological polar surface area (TPSA) is 48.2 Å². The molecule has 0 saturated carbocycles. The molecule has 0 fully saturated rings. The number of amidine groups is 1. The maximum Gasteiger partial charge on any atom is 0.144 e. The summed E-state index contributed by atoms with van der Waals surface area (Å²) in [7, 11) is 5.28. The van der Waals surface area contributed by atoms with E-state index in [0.29, 0.717) is 5.84 Å². The molecule has 0 rings (SSSR count). The molecule has 0 aromatic rings. The van der Waals surface area contributed by atoms with Crippen LogP contribution in [0.5, 0.6) is 0 Å². The molecule has 0 aromatic carbocycles. The Morgan fingerprint density at radius 2 is 2.11 bits per heavy atom. The van der Waals surface area contributed by atoms with Crippen molar-refractivity contribution in [3.05, 3.63) is 0 Å². The Bertz CT molecular complexity index is 128. The second-order valence-corrected chi connectivity index (χ2v) is 1.72. The second kappa shape index (κ2) is 3.88. The Kier molecular flexibility index (Phi) is 3.43. The zero-order valence-electron chi connectivity index (χ0n) is 5.87. The van der Waals surface area contributed by atoms with Gasteiger partial charge in [-0.3, -0.25) is 4.99 Å². The smallest absolute Gasteiger partial charge is 0.144 e. The van der Waals surface area contributed by atoms with Crippen molar-refractivity contribution in [1.29, 1.82) is 0 Å². The van der Waals surface area contributed by atoms with E-state index in [1.165, 1.54) is 6.21 Å². The molecule has 0 amide bonds. The number of nitrogens with zero attached hydrogens (tertiary/aromatic N) is 3. The summed E-state index contributed by atoms with van der Waals surface area (Å²) in [4.78, 5) is 5.56. The maximum atomic E-state index is 8.08. The quantitative estimate of drug-likeness (QED) is 0.235. The van der Waals surface area contributed by atoms with Gasteiger partial charge in [-0.05, 0) is 0 Å². The number of aliphatic imine (C=N–C) groups is 1. The molecule has 0 aromatic heterocycles. The fourth-order valence-corrected chi connectivity index (χ4v) is 0.425. The summed E-state index contributed by atoms with van der Waals surface area (Å²) in [6.45, 7) is 0. The molecule has 0 aliphatic heterocycles. The van der Waals surface area contributed by atoms with Gasteiger partial charge in [-0.15, -0.1) is 0 Å². The molecule has 0 radical (unpaired) electrons. The molecule has 4 heteroatoms. The van der Waals surface area contributed by atoms with Crippen molar-refractivity contribution < 1.29 is 5.21 Å². The van der Waals surface area contributed by atoms with Crippen LogP contribution in [0.25, 0.3) is 0 Å². The van der Waals surface area contributed by atoms with Gasteiger partial charge < -0.3 is 10.1 Å². The number of hydrogen-bond donors (Lipinski definition) is 1. The molecule has 0 heterocycles. The van der Waals surface area contributed by atoms with E-state index >= 15 is 0 Å². The lowest BCUT2D eigenvalue weighted by Crippen LogP contribution is -2.22. The first-order valence-corrected chi connectivity index (χ1v) is 2.54. The number of oxime groups is 1. The summed E-state index contributed by atoms with van der Waals surface area (Å²) in [6, 6.07) is 0. The third kappa shape index (κ3) is 2.69. The lowest BCUT2D eigenvalue weighted by molar-refractivity contribution is 0.322. The molecule has 0 aliphatic carbocycles. The lowest BCUT2D eigenvalue weighted by atomic mass is 10.6. The highest BCUT2D eigenvalue weighted by Crippen LogP contribution is 1.77. The van der Waals surface area contributed by atoms with E-state index in [4.69, 9.17) is 5.21 Å². The van der Waals surface area contributed by atoms with Gasteiger partial charge in [0.15, 0.2) is 0 Å². The van der Waals surface area contributed by atoms with E-state index in [0.717, 1.165) is 0 Å². The molecule has 9 heavy (non-hydrogen) atoms. The first-order chi connectivity index (χ1) is 4.22. The summed E-state index contributed by atoms with van der Waals surface area (Å²) in [5.74, 6) is 0.637. The Hall–Kier alpha value is -1.06. The van der Waals surface area contributed by atoms with Crippen LogP contribution >= 0.6 is 0 Å². The molecular formula is C5H11N3O. The van der Waals surface area contributed by atoms with Crippen LogP contribution in [-0.4, -0.2) is 43.3 Å². The van der Waals surface area contributed by atoms with E-state index in [1.54, 1.807) is 11.9 Å². The molecule has 0 saturated heterocycles. The SMILES string of the molecule is C/N=C(/C=N/O)N(C)C.